The second-order valence-electron chi connectivity index (χ2n) is 4.10. The minimum Gasteiger partial charge on any atom is -0.338 e. The molecule has 1 amide bonds. The summed E-state index contributed by atoms with van der Waals surface area (Å²) in [6.45, 7) is 0.661. The largest absolute Gasteiger partial charge is 0.338 e. The molecule has 1 saturated carbocycles. The molecule has 1 fully saturated rings. The number of carbonyl (C=O) groups excluding carboxylic acids is 1. The van der Waals surface area contributed by atoms with E-state index in [1.54, 1.807) is 0 Å². The van der Waals surface area contributed by atoms with Gasteiger partial charge < -0.3 is 4.90 Å². The van der Waals surface area contributed by atoms with E-state index in [4.69, 9.17) is 0 Å². The Labute approximate surface area is 83.3 Å². The van der Waals surface area contributed by atoms with Gasteiger partial charge in [-0.25, -0.2) is 0 Å². The average Bonchev–Trinajstić information content (AvgIpc) is 2.15. The van der Waals surface area contributed by atoms with E-state index in [1.165, 1.54) is 11.9 Å². The highest BCUT2D eigenvalue weighted by Gasteiger charge is 2.37. The molecular formula is C10H17F2NO. The molecule has 0 saturated heterocycles. The zero-order valence-corrected chi connectivity index (χ0v) is 8.72. The number of hydrogen-bond acceptors (Lipinski definition) is 1. The maximum Gasteiger partial charge on any atom is 0.322 e. The highest BCUT2D eigenvalue weighted by Crippen LogP contribution is 2.24. The zero-order chi connectivity index (χ0) is 10.8. The van der Waals surface area contributed by atoms with Gasteiger partial charge >= 0.3 is 5.92 Å². The van der Waals surface area contributed by atoms with Gasteiger partial charge in [0.25, 0.3) is 5.91 Å². The summed E-state index contributed by atoms with van der Waals surface area (Å²) in [7, 11) is 1.48. The number of alkyl halides is 2. The Morgan fingerprint density at radius 2 is 1.79 bits per heavy atom. The third-order valence-corrected chi connectivity index (χ3v) is 2.82. The van der Waals surface area contributed by atoms with Crippen molar-refractivity contribution in [2.24, 2.45) is 0 Å². The molecule has 14 heavy (non-hydrogen) atoms. The molecule has 0 heterocycles. The summed E-state index contributed by atoms with van der Waals surface area (Å²) in [6.07, 6.45) is 4.95. The molecule has 0 aromatic rings. The summed E-state index contributed by atoms with van der Waals surface area (Å²) < 4.78 is 25.5. The summed E-state index contributed by atoms with van der Waals surface area (Å²) in [6, 6.07) is 0.0158. The van der Waals surface area contributed by atoms with Crippen molar-refractivity contribution in [2.45, 2.75) is 51.0 Å². The van der Waals surface area contributed by atoms with Crippen LogP contribution in [0.5, 0.6) is 0 Å². The Morgan fingerprint density at radius 1 is 1.29 bits per heavy atom. The summed E-state index contributed by atoms with van der Waals surface area (Å²) in [5.74, 6) is -4.28. The van der Waals surface area contributed by atoms with Crippen LogP contribution in [0.4, 0.5) is 8.78 Å². The number of carbonyl (C=O) groups is 1. The van der Waals surface area contributed by atoms with Crippen LogP contribution in [-0.2, 0) is 4.79 Å². The monoisotopic (exact) mass is 205 g/mol. The quantitative estimate of drug-likeness (QED) is 0.678. The zero-order valence-electron chi connectivity index (χ0n) is 8.72. The molecule has 0 spiro atoms. The van der Waals surface area contributed by atoms with Crippen molar-refractivity contribution < 1.29 is 13.6 Å². The van der Waals surface area contributed by atoms with Crippen LogP contribution in [-0.4, -0.2) is 29.8 Å². The maximum atomic E-state index is 12.7. The highest BCUT2D eigenvalue weighted by atomic mass is 19.3. The lowest BCUT2D eigenvalue weighted by Crippen LogP contribution is -2.45. The van der Waals surface area contributed by atoms with Crippen LogP contribution in [0.1, 0.15) is 39.0 Å². The molecule has 2 nitrogen and oxygen atoms in total. The molecule has 1 aliphatic carbocycles. The standard InChI is InChI=1S/C10H17F2NO/c1-10(11,12)9(14)13(2)8-6-4-3-5-7-8/h8H,3-7H2,1-2H3. The first-order valence-electron chi connectivity index (χ1n) is 5.08. The molecule has 4 heteroatoms. The van der Waals surface area contributed by atoms with Crippen LogP contribution in [0.15, 0.2) is 0 Å². The predicted molar refractivity (Wildman–Crippen MR) is 50.3 cm³/mol. The Morgan fingerprint density at radius 3 is 2.21 bits per heavy atom. The second kappa shape index (κ2) is 4.24. The summed E-state index contributed by atoms with van der Waals surface area (Å²) >= 11 is 0. The summed E-state index contributed by atoms with van der Waals surface area (Å²) in [5, 5.41) is 0. The predicted octanol–water partition coefficient (Wildman–Crippen LogP) is 2.43. The fourth-order valence-electron chi connectivity index (χ4n) is 1.94. The van der Waals surface area contributed by atoms with E-state index in [1.807, 2.05) is 0 Å². The van der Waals surface area contributed by atoms with E-state index in [0.29, 0.717) is 6.92 Å². The van der Waals surface area contributed by atoms with Crippen molar-refractivity contribution in [1.82, 2.24) is 4.90 Å². The van der Waals surface area contributed by atoms with E-state index < -0.39 is 11.8 Å². The highest BCUT2D eigenvalue weighted by molar-refractivity contribution is 5.83. The van der Waals surface area contributed by atoms with Crippen LogP contribution in [0.3, 0.4) is 0 Å². The first-order valence-corrected chi connectivity index (χ1v) is 5.08. The Bertz CT molecular complexity index is 207. The number of nitrogens with zero attached hydrogens (tertiary/aromatic N) is 1. The minimum absolute atomic E-state index is 0.0158. The van der Waals surface area contributed by atoms with E-state index in [2.05, 4.69) is 0 Å². The fraction of sp³-hybridized carbons (Fsp3) is 0.900. The van der Waals surface area contributed by atoms with Crippen LogP contribution < -0.4 is 0 Å². The summed E-state index contributed by atoms with van der Waals surface area (Å²) in [4.78, 5) is 12.5. The van der Waals surface area contributed by atoms with Crippen molar-refractivity contribution >= 4 is 5.91 Å². The van der Waals surface area contributed by atoms with Gasteiger partial charge in [-0.1, -0.05) is 19.3 Å². The van der Waals surface area contributed by atoms with Gasteiger partial charge in [0.1, 0.15) is 0 Å². The smallest absolute Gasteiger partial charge is 0.322 e. The normalized spacial score (nSPS) is 19.4. The number of rotatable bonds is 2. The molecule has 0 unspecified atom stereocenters. The van der Waals surface area contributed by atoms with Crippen LogP contribution in [0.2, 0.25) is 0 Å². The molecule has 0 aromatic heterocycles. The summed E-state index contributed by atoms with van der Waals surface area (Å²) in [5.41, 5.74) is 0. The van der Waals surface area contributed by atoms with Gasteiger partial charge in [0.05, 0.1) is 0 Å². The maximum absolute atomic E-state index is 12.7. The van der Waals surface area contributed by atoms with E-state index >= 15 is 0 Å². The molecule has 0 aliphatic heterocycles. The number of halogens is 2. The van der Waals surface area contributed by atoms with Gasteiger partial charge in [-0.3, -0.25) is 4.79 Å². The van der Waals surface area contributed by atoms with Gasteiger partial charge in [-0.2, -0.15) is 8.78 Å². The average molecular weight is 205 g/mol. The van der Waals surface area contributed by atoms with Gasteiger partial charge in [0.2, 0.25) is 0 Å². The fourth-order valence-corrected chi connectivity index (χ4v) is 1.94. The van der Waals surface area contributed by atoms with Crippen molar-refractivity contribution in [1.29, 1.82) is 0 Å². The van der Waals surface area contributed by atoms with E-state index in [-0.39, 0.29) is 6.04 Å². The van der Waals surface area contributed by atoms with Gasteiger partial charge in [-0.15, -0.1) is 0 Å². The van der Waals surface area contributed by atoms with Crippen molar-refractivity contribution in [3.8, 4) is 0 Å². The molecule has 0 aromatic carbocycles. The molecule has 1 rings (SSSR count). The molecule has 1 aliphatic rings. The van der Waals surface area contributed by atoms with Gasteiger partial charge in [0.15, 0.2) is 0 Å². The van der Waals surface area contributed by atoms with E-state index in [9.17, 15) is 13.6 Å². The van der Waals surface area contributed by atoms with Crippen molar-refractivity contribution in [3.63, 3.8) is 0 Å². The first-order chi connectivity index (χ1) is 6.43. The molecule has 0 atom stereocenters. The van der Waals surface area contributed by atoms with Gasteiger partial charge in [0, 0.05) is 20.0 Å². The minimum atomic E-state index is -3.23. The van der Waals surface area contributed by atoms with E-state index in [0.717, 1.165) is 32.1 Å². The molecule has 82 valence electrons. The van der Waals surface area contributed by atoms with Crippen LogP contribution >= 0.6 is 0 Å². The van der Waals surface area contributed by atoms with Crippen molar-refractivity contribution in [2.75, 3.05) is 7.05 Å². The molecule has 0 radical (unpaired) electrons. The van der Waals surface area contributed by atoms with Crippen LogP contribution in [0.25, 0.3) is 0 Å². The van der Waals surface area contributed by atoms with Crippen molar-refractivity contribution in [3.05, 3.63) is 0 Å². The molecule has 0 N–H and O–H groups in total. The Balaban J connectivity index is 2.55. The number of amides is 1. The Kier molecular flexibility index (Phi) is 3.45. The molecular weight excluding hydrogens is 188 g/mol. The van der Waals surface area contributed by atoms with Crippen LogP contribution in [0, 0.1) is 0 Å². The topological polar surface area (TPSA) is 20.3 Å². The lowest BCUT2D eigenvalue weighted by atomic mass is 9.94. The third kappa shape index (κ3) is 2.66. The number of hydrogen-bond donors (Lipinski definition) is 0. The third-order valence-electron chi connectivity index (χ3n) is 2.82. The first kappa shape index (κ1) is 11.4. The lowest BCUT2D eigenvalue weighted by molar-refractivity contribution is -0.156. The van der Waals surface area contributed by atoms with Gasteiger partial charge in [-0.05, 0) is 12.8 Å². The SMILES string of the molecule is CN(C(=O)C(C)(F)F)C1CCCCC1. The Hall–Kier alpha value is -0.670. The second-order valence-corrected chi connectivity index (χ2v) is 4.10. The lowest BCUT2D eigenvalue weighted by Gasteiger charge is -2.32. The molecule has 0 bridgehead atoms.